The Bertz CT molecular complexity index is 1160. The van der Waals surface area contributed by atoms with Crippen LogP contribution in [-0.4, -0.2) is 63.3 Å². The van der Waals surface area contributed by atoms with Gasteiger partial charge in [0.25, 0.3) is 11.7 Å². The van der Waals surface area contributed by atoms with E-state index in [1.807, 2.05) is 20.8 Å². The first-order chi connectivity index (χ1) is 17.1. The largest absolute Gasteiger partial charge is 0.507 e. The summed E-state index contributed by atoms with van der Waals surface area (Å²) in [6.45, 7) is 6.81. The molecule has 8 nitrogen and oxygen atoms in total. The third kappa shape index (κ3) is 5.18. The number of rotatable bonds is 9. The third-order valence-electron chi connectivity index (χ3n) is 6.29. The van der Waals surface area contributed by atoms with Gasteiger partial charge in [-0.15, -0.1) is 0 Å². The fourth-order valence-corrected chi connectivity index (χ4v) is 4.46. The summed E-state index contributed by atoms with van der Waals surface area (Å²) in [5.41, 5.74) is 1.66. The van der Waals surface area contributed by atoms with Gasteiger partial charge in [-0.3, -0.25) is 9.59 Å². The molecule has 1 aliphatic heterocycles. The minimum Gasteiger partial charge on any atom is -0.507 e. The molecule has 0 aliphatic carbocycles. The average molecular weight is 498 g/mol. The number of likely N-dealkylation sites (tertiary alicyclic amines) is 1. The Hall–Kier alpha value is -3.52. The van der Waals surface area contributed by atoms with E-state index in [4.69, 9.17) is 18.9 Å². The number of ketones is 1. The van der Waals surface area contributed by atoms with Gasteiger partial charge in [-0.05, 0) is 47.7 Å². The number of aliphatic hydroxyl groups excluding tert-OH is 1. The van der Waals surface area contributed by atoms with Crippen LogP contribution in [0.25, 0.3) is 5.76 Å². The maximum Gasteiger partial charge on any atom is 0.295 e. The summed E-state index contributed by atoms with van der Waals surface area (Å²) in [4.78, 5) is 27.9. The molecular weight excluding hydrogens is 462 g/mol. The molecular formula is C28H35NO7. The Morgan fingerprint density at radius 2 is 1.56 bits per heavy atom. The summed E-state index contributed by atoms with van der Waals surface area (Å²) >= 11 is 0. The van der Waals surface area contributed by atoms with Crippen LogP contribution in [0.15, 0.2) is 42.0 Å². The minimum absolute atomic E-state index is 0.0228. The Morgan fingerprint density at radius 3 is 2.14 bits per heavy atom. The zero-order valence-electron chi connectivity index (χ0n) is 22.0. The first-order valence-electron chi connectivity index (χ1n) is 11.8. The minimum atomic E-state index is -0.804. The number of ether oxygens (including phenoxy) is 4. The highest BCUT2D eigenvalue weighted by molar-refractivity contribution is 6.46. The zero-order chi connectivity index (χ0) is 26.6. The lowest BCUT2D eigenvalue weighted by molar-refractivity contribution is -0.140. The molecule has 0 saturated carbocycles. The van der Waals surface area contributed by atoms with Gasteiger partial charge < -0.3 is 29.0 Å². The number of methoxy groups -OCH3 is 4. The highest BCUT2D eigenvalue weighted by atomic mass is 16.5. The number of carbonyl (C=O) groups excluding carboxylic acids is 2. The Balaban J connectivity index is 2.22. The van der Waals surface area contributed by atoms with Crippen molar-refractivity contribution in [3.8, 4) is 17.2 Å². The average Bonchev–Trinajstić information content (AvgIpc) is 3.12. The lowest BCUT2D eigenvalue weighted by atomic mass is 9.84. The van der Waals surface area contributed by atoms with Crippen LogP contribution in [0, 0.1) is 0 Å². The van der Waals surface area contributed by atoms with E-state index in [-0.39, 0.29) is 23.3 Å². The second-order valence-corrected chi connectivity index (χ2v) is 9.62. The number of benzene rings is 2. The van der Waals surface area contributed by atoms with Crippen LogP contribution < -0.4 is 14.2 Å². The molecule has 0 bridgehead atoms. The highest BCUT2D eigenvalue weighted by Gasteiger charge is 2.46. The summed E-state index contributed by atoms with van der Waals surface area (Å²) in [6, 6.07) is 9.65. The Labute approximate surface area is 212 Å². The Morgan fingerprint density at radius 1 is 0.917 bits per heavy atom. The van der Waals surface area contributed by atoms with Gasteiger partial charge in [0.05, 0.1) is 32.9 Å². The fourth-order valence-electron chi connectivity index (χ4n) is 4.46. The lowest BCUT2D eigenvalue weighted by Gasteiger charge is -2.26. The van der Waals surface area contributed by atoms with Gasteiger partial charge in [-0.1, -0.05) is 26.8 Å². The van der Waals surface area contributed by atoms with E-state index < -0.39 is 17.7 Å². The normalized spacial score (nSPS) is 17.4. The number of hydrogen-bond donors (Lipinski definition) is 1. The maximum absolute atomic E-state index is 13.3. The van der Waals surface area contributed by atoms with E-state index in [9.17, 15) is 14.7 Å². The monoisotopic (exact) mass is 497 g/mol. The molecule has 194 valence electrons. The van der Waals surface area contributed by atoms with Gasteiger partial charge in [0.15, 0.2) is 11.5 Å². The predicted octanol–water partition coefficient (Wildman–Crippen LogP) is 4.47. The van der Waals surface area contributed by atoms with Crippen LogP contribution in [0.5, 0.6) is 17.2 Å². The van der Waals surface area contributed by atoms with Crippen LogP contribution in [0.4, 0.5) is 0 Å². The molecule has 1 amide bonds. The van der Waals surface area contributed by atoms with Crippen LogP contribution in [0.1, 0.15) is 49.9 Å². The smallest absolute Gasteiger partial charge is 0.295 e. The number of nitrogens with zero attached hydrogens (tertiary/aromatic N) is 1. The molecule has 1 N–H and O–H groups in total. The van der Waals surface area contributed by atoms with E-state index in [1.165, 1.54) is 19.1 Å². The zero-order valence-corrected chi connectivity index (χ0v) is 22.0. The highest BCUT2D eigenvalue weighted by Crippen LogP contribution is 2.43. The van der Waals surface area contributed by atoms with E-state index in [2.05, 4.69) is 0 Å². The van der Waals surface area contributed by atoms with E-state index in [0.29, 0.717) is 41.4 Å². The standard InChI is InChI=1S/C28H35NO7/c1-28(2,3)19-15-18(10-11-20(19)34-5)25(30)23-24(17-9-12-21(35-6)22(16-17)36-7)29(13-8-14-33-4)27(32)26(23)31/h9-12,15-16,24,30H,8,13-14H2,1-7H3/b25-23+. The van der Waals surface area contributed by atoms with Crippen molar-refractivity contribution in [2.75, 3.05) is 41.6 Å². The van der Waals surface area contributed by atoms with Gasteiger partial charge in [0, 0.05) is 31.4 Å². The predicted molar refractivity (Wildman–Crippen MR) is 137 cm³/mol. The number of carbonyl (C=O) groups is 2. The van der Waals surface area contributed by atoms with Crippen molar-refractivity contribution in [1.29, 1.82) is 0 Å². The molecule has 1 fully saturated rings. The van der Waals surface area contributed by atoms with Crippen molar-refractivity contribution >= 4 is 17.4 Å². The third-order valence-corrected chi connectivity index (χ3v) is 6.29. The second-order valence-electron chi connectivity index (χ2n) is 9.62. The Kier molecular flexibility index (Phi) is 8.30. The molecule has 1 saturated heterocycles. The second kappa shape index (κ2) is 11.0. The first-order valence-corrected chi connectivity index (χ1v) is 11.8. The molecule has 36 heavy (non-hydrogen) atoms. The van der Waals surface area contributed by atoms with Crippen LogP contribution in [0.2, 0.25) is 0 Å². The van der Waals surface area contributed by atoms with Gasteiger partial charge >= 0.3 is 0 Å². The molecule has 2 aromatic rings. The summed E-state index contributed by atoms with van der Waals surface area (Å²) in [7, 11) is 6.22. The molecule has 1 unspecified atom stereocenters. The van der Waals surface area contributed by atoms with Crippen molar-refractivity contribution in [3.05, 3.63) is 58.7 Å². The summed E-state index contributed by atoms with van der Waals surface area (Å²) in [5.74, 6) is 0.000337. The van der Waals surface area contributed by atoms with Crippen LogP contribution in [-0.2, 0) is 19.7 Å². The molecule has 0 radical (unpaired) electrons. The number of amides is 1. The number of aliphatic hydroxyl groups is 1. The molecule has 0 spiro atoms. The molecule has 1 atom stereocenters. The van der Waals surface area contributed by atoms with Crippen LogP contribution >= 0.6 is 0 Å². The maximum atomic E-state index is 13.3. The molecule has 3 rings (SSSR count). The topological polar surface area (TPSA) is 94.5 Å². The van der Waals surface area contributed by atoms with E-state index >= 15 is 0 Å². The SMILES string of the molecule is COCCCN1C(=O)C(=O)/C(=C(/O)c2ccc(OC)c(C(C)(C)C)c2)C1c1ccc(OC)c(OC)c1. The van der Waals surface area contributed by atoms with Crippen LogP contribution in [0.3, 0.4) is 0 Å². The van der Waals surface area contributed by atoms with Crippen molar-refractivity contribution in [2.45, 2.75) is 38.6 Å². The number of hydrogen-bond acceptors (Lipinski definition) is 7. The summed E-state index contributed by atoms with van der Waals surface area (Å²) in [6.07, 6.45) is 0.532. The van der Waals surface area contributed by atoms with E-state index in [0.717, 1.165) is 5.56 Å². The summed E-state index contributed by atoms with van der Waals surface area (Å²) in [5, 5.41) is 11.5. The molecule has 2 aromatic carbocycles. The number of Topliss-reactive ketones (excluding diaryl/α,β-unsaturated/α-hetero) is 1. The first kappa shape index (κ1) is 27.1. The quantitative estimate of drug-likeness (QED) is 0.236. The van der Waals surface area contributed by atoms with Gasteiger partial charge in [-0.2, -0.15) is 0 Å². The molecule has 1 aliphatic rings. The molecule has 0 aromatic heterocycles. The fraction of sp³-hybridized carbons (Fsp3) is 0.429. The van der Waals surface area contributed by atoms with Gasteiger partial charge in [-0.25, -0.2) is 0 Å². The molecule has 8 heteroatoms. The summed E-state index contributed by atoms with van der Waals surface area (Å²) < 4.78 is 21.5. The van der Waals surface area contributed by atoms with Crippen molar-refractivity contribution in [1.82, 2.24) is 4.90 Å². The van der Waals surface area contributed by atoms with Crippen molar-refractivity contribution < 1.29 is 33.6 Å². The molecule has 1 heterocycles. The van der Waals surface area contributed by atoms with Crippen molar-refractivity contribution in [2.24, 2.45) is 0 Å². The van der Waals surface area contributed by atoms with Gasteiger partial charge in [0.2, 0.25) is 0 Å². The lowest BCUT2D eigenvalue weighted by Crippen LogP contribution is -2.31. The van der Waals surface area contributed by atoms with Crippen molar-refractivity contribution in [3.63, 3.8) is 0 Å². The van der Waals surface area contributed by atoms with Gasteiger partial charge in [0.1, 0.15) is 11.5 Å². The van der Waals surface area contributed by atoms with E-state index in [1.54, 1.807) is 50.6 Å².